The minimum atomic E-state index is -0.876. The molecule has 0 aliphatic carbocycles. The molecule has 104 valence electrons. The maximum atomic E-state index is 11.9. The fraction of sp³-hybridized carbons (Fsp3) is 0.429. The third kappa shape index (κ3) is 4.59. The zero-order valence-corrected chi connectivity index (χ0v) is 12.2. The fourth-order valence-electron chi connectivity index (χ4n) is 1.62. The number of hydrogen-bond donors (Lipinski definition) is 2. The van der Waals surface area contributed by atoms with Gasteiger partial charge in [-0.3, -0.25) is 9.59 Å². The molecule has 1 aromatic rings. The molecule has 0 aliphatic rings. The first-order valence-electron chi connectivity index (χ1n) is 6.08. The number of carboxylic acid groups (broad SMARTS) is 1. The highest BCUT2D eigenvalue weighted by Crippen LogP contribution is 2.20. The van der Waals surface area contributed by atoms with Crippen LogP contribution < -0.4 is 5.32 Å². The van der Waals surface area contributed by atoms with Crippen molar-refractivity contribution >= 4 is 29.3 Å². The van der Waals surface area contributed by atoms with Gasteiger partial charge in [-0.15, -0.1) is 0 Å². The molecule has 0 saturated carbocycles. The van der Waals surface area contributed by atoms with E-state index in [0.29, 0.717) is 11.3 Å². The van der Waals surface area contributed by atoms with Crippen LogP contribution in [0.1, 0.15) is 25.3 Å². The number of benzene rings is 1. The van der Waals surface area contributed by atoms with Gasteiger partial charge in [-0.05, 0) is 30.9 Å². The number of carbonyl (C=O) groups is 2. The number of carbonyl (C=O) groups excluding carboxylic acids is 1. The molecule has 2 N–H and O–H groups in total. The summed E-state index contributed by atoms with van der Waals surface area (Å²) >= 11 is 1.62. The molecule has 0 radical (unpaired) electrons. The summed E-state index contributed by atoms with van der Waals surface area (Å²) in [5, 5.41) is 11.8. The van der Waals surface area contributed by atoms with E-state index < -0.39 is 11.9 Å². The second kappa shape index (κ2) is 7.19. The van der Waals surface area contributed by atoms with Gasteiger partial charge in [0.2, 0.25) is 5.91 Å². The molecular formula is C14H19NO3S. The van der Waals surface area contributed by atoms with E-state index >= 15 is 0 Å². The maximum absolute atomic E-state index is 11.9. The average Bonchev–Trinajstić information content (AvgIpc) is 2.38. The van der Waals surface area contributed by atoms with Gasteiger partial charge in [-0.25, -0.2) is 0 Å². The van der Waals surface area contributed by atoms with Gasteiger partial charge in [0.05, 0.1) is 5.92 Å². The molecule has 19 heavy (non-hydrogen) atoms. The number of nitrogens with one attached hydrogen (secondary N) is 1. The number of carboxylic acids is 1. The van der Waals surface area contributed by atoms with E-state index in [9.17, 15) is 9.59 Å². The van der Waals surface area contributed by atoms with Gasteiger partial charge >= 0.3 is 5.97 Å². The molecule has 0 fully saturated rings. The summed E-state index contributed by atoms with van der Waals surface area (Å²) in [6, 6.07) is 6.98. The van der Waals surface area contributed by atoms with Crippen LogP contribution >= 0.6 is 11.8 Å². The standard InChI is InChI=1S/C14H19NO3S/c1-9(8-19-3)13(16)15-12-6-4-5-11(7-12)10(2)14(17)18/h4-7,9-10H,8H2,1-3H3,(H,15,16)(H,17,18). The van der Waals surface area contributed by atoms with Crippen molar-refractivity contribution in [1.82, 2.24) is 0 Å². The van der Waals surface area contributed by atoms with Crippen LogP contribution in [0.4, 0.5) is 5.69 Å². The van der Waals surface area contributed by atoms with Crippen LogP contribution in [0.5, 0.6) is 0 Å². The van der Waals surface area contributed by atoms with Crippen LogP contribution in [-0.2, 0) is 9.59 Å². The molecule has 0 aromatic heterocycles. The topological polar surface area (TPSA) is 66.4 Å². The Morgan fingerprint density at radius 1 is 1.37 bits per heavy atom. The lowest BCUT2D eigenvalue weighted by molar-refractivity contribution is -0.138. The normalized spacial score (nSPS) is 13.6. The third-order valence-electron chi connectivity index (χ3n) is 2.89. The summed E-state index contributed by atoms with van der Waals surface area (Å²) in [4.78, 5) is 22.8. The van der Waals surface area contributed by atoms with Crippen molar-refractivity contribution < 1.29 is 14.7 Å². The number of anilines is 1. The lowest BCUT2D eigenvalue weighted by Crippen LogP contribution is -2.22. The van der Waals surface area contributed by atoms with Crippen molar-refractivity contribution in [3.05, 3.63) is 29.8 Å². The van der Waals surface area contributed by atoms with Crippen LogP contribution in [0.15, 0.2) is 24.3 Å². The summed E-state index contributed by atoms with van der Waals surface area (Å²) < 4.78 is 0. The lowest BCUT2D eigenvalue weighted by Gasteiger charge is -2.13. The Kier molecular flexibility index (Phi) is 5.89. The van der Waals surface area contributed by atoms with Gasteiger partial charge in [0.15, 0.2) is 0 Å². The number of thioether (sulfide) groups is 1. The van der Waals surface area contributed by atoms with Gasteiger partial charge in [0, 0.05) is 17.4 Å². The van der Waals surface area contributed by atoms with Crippen LogP contribution in [0.2, 0.25) is 0 Å². The molecule has 1 rings (SSSR count). The van der Waals surface area contributed by atoms with Crippen molar-refractivity contribution in [2.45, 2.75) is 19.8 Å². The third-order valence-corrected chi connectivity index (χ3v) is 3.72. The van der Waals surface area contributed by atoms with Crippen molar-refractivity contribution in [3.63, 3.8) is 0 Å². The Morgan fingerprint density at radius 2 is 2.05 bits per heavy atom. The van der Waals surface area contributed by atoms with Gasteiger partial charge in [0.25, 0.3) is 0 Å². The molecule has 0 aliphatic heterocycles. The van der Waals surface area contributed by atoms with Crippen LogP contribution in [0, 0.1) is 5.92 Å². The molecule has 1 aromatic carbocycles. The van der Waals surface area contributed by atoms with E-state index in [1.54, 1.807) is 43.0 Å². The van der Waals surface area contributed by atoms with Crippen molar-refractivity contribution in [1.29, 1.82) is 0 Å². The van der Waals surface area contributed by atoms with Crippen LogP contribution in [0.25, 0.3) is 0 Å². The quantitative estimate of drug-likeness (QED) is 0.841. The molecule has 2 atom stereocenters. The smallest absolute Gasteiger partial charge is 0.310 e. The summed E-state index contributed by atoms with van der Waals surface area (Å²) in [7, 11) is 0. The minimum Gasteiger partial charge on any atom is -0.481 e. The molecule has 0 bridgehead atoms. The Bertz CT molecular complexity index is 462. The molecule has 0 saturated heterocycles. The van der Waals surface area contributed by atoms with Crippen molar-refractivity contribution in [2.24, 2.45) is 5.92 Å². The molecule has 0 heterocycles. The van der Waals surface area contributed by atoms with E-state index in [-0.39, 0.29) is 11.8 Å². The maximum Gasteiger partial charge on any atom is 0.310 e. The number of hydrogen-bond acceptors (Lipinski definition) is 3. The molecule has 5 heteroatoms. The highest BCUT2D eigenvalue weighted by molar-refractivity contribution is 7.98. The Morgan fingerprint density at radius 3 is 2.63 bits per heavy atom. The Labute approximate surface area is 117 Å². The monoisotopic (exact) mass is 281 g/mol. The Hall–Kier alpha value is -1.49. The molecule has 1 amide bonds. The molecule has 0 spiro atoms. The molecular weight excluding hydrogens is 262 g/mol. The summed E-state index contributed by atoms with van der Waals surface area (Å²) in [5.74, 6) is -0.818. The van der Waals surface area contributed by atoms with Gasteiger partial charge in [0.1, 0.15) is 0 Å². The molecule has 4 nitrogen and oxygen atoms in total. The summed E-state index contributed by atoms with van der Waals surface area (Å²) in [6.45, 7) is 3.50. The number of rotatable bonds is 6. The van der Waals surface area contributed by atoms with E-state index in [1.165, 1.54) is 0 Å². The Balaban J connectivity index is 2.77. The lowest BCUT2D eigenvalue weighted by atomic mass is 10.0. The first-order valence-corrected chi connectivity index (χ1v) is 7.47. The van der Waals surface area contributed by atoms with Crippen LogP contribution in [-0.4, -0.2) is 29.0 Å². The van der Waals surface area contributed by atoms with E-state index in [2.05, 4.69) is 5.32 Å². The second-order valence-corrected chi connectivity index (χ2v) is 5.44. The highest BCUT2D eigenvalue weighted by atomic mass is 32.2. The second-order valence-electron chi connectivity index (χ2n) is 4.53. The molecule has 2 unspecified atom stereocenters. The average molecular weight is 281 g/mol. The van der Waals surface area contributed by atoms with Crippen LogP contribution in [0.3, 0.4) is 0 Å². The van der Waals surface area contributed by atoms with E-state index in [4.69, 9.17) is 5.11 Å². The minimum absolute atomic E-state index is 0.0468. The zero-order chi connectivity index (χ0) is 14.4. The summed E-state index contributed by atoms with van der Waals surface area (Å²) in [6.07, 6.45) is 1.96. The van der Waals surface area contributed by atoms with Crippen molar-refractivity contribution in [2.75, 3.05) is 17.3 Å². The van der Waals surface area contributed by atoms with Gasteiger partial charge in [-0.2, -0.15) is 11.8 Å². The fourth-order valence-corrected chi connectivity index (χ4v) is 2.27. The highest BCUT2D eigenvalue weighted by Gasteiger charge is 2.15. The first kappa shape index (κ1) is 15.6. The van der Waals surface area contributed by atoms with Crippen molar-refractivity contribution in [3.8, 4) is 0 Å². The zero-order valence-electron chi connectivity index (χ0n) is 11.3. The summed E-state index contributed by atoms with van der Waals surface area (Å²) in [5.41, 5.74) is 1.33. The van der Waals surface area contributed by atoms with Gasteiger partial charge in [-0.1, -0.05) is 19.1 Å². The largest absolute Gasteiger partial charge is 0.481 e. The van der Waals surface area contributed by atoms with E-state index in [0.717, 1.165) is 5.75 Å². The predicted molar refractivity (Wildman–Crippen MR) is 78.7 cm³/mol. The van der Waals surface area contributed by atoms with E-state index in [1.807, 2.05) is 13.2 Å². The number of amides is 1. The number of aliphatic carboxylic acids is 1. The van der Waals surface area contributed by atoms with Gasteiger partial charge < -0.3 is 10.4 Å². The SMILES string of the molecule is CSCC(C)C(=O)Nc1cccc(C(C)C(=O)O)c1. The first-order chi connectivity index (χ1) is 8.95. The predicted octanol–water partition coefficient (Wildman–Crippen LogP) is 2.81.